The van der Waals surface area contributed by atoms with Gasteiger partial charge in [0.25, 0.3) is 11.1 Å². The third-order valence-corrected chi connectivity index (χ3v) is 7.52. The summed E-state index contributed by atoms with van der Waals surface area (Å²) < 4.78 is 5.60. The van der Waals surface area contributed by atoms with Crippen molar-refractivity contribution in [2.75, 3.05) is 0 Å². The Balaban J connectivity index is 1.99. The van der Waals surface area contributed by atoms with E-state index in [0.29, 0.717) is 10.7 Å². The molecule has 2 amide bonds. The number of imide groups is 1. The van der Waals surface area contributed by atoms with E-state index >= 15 is 0 Å². The van der Waals surface area contributed by atoms with Gasteiger partial charge in [-0.25, -0.2) is 0 Å². The second-order valence-electron chi connectivity index (χ2n) is 10.1. The molecule has 1 saturated heterocycles. The molecule has 1 heterocycles. The molecular weight excluding hydrogens is 434 g/mol. The molecule has 0 spiro atoms. The van der Waals surface area contributed by atoms with Crippen molar-refractivity contribution in [2.24, 2.45) is 0 Å². The molecule has 33 heavy (non-hydrogen) atoms. The van der Waals surface area contributed by atoms with Crippen molar-refractivity contribution in [3.05, 3.63) is 57.5 Å². The number of aryl methyl sites for hydroxylation is 1. The maximum absolute atomic E-state index is 12.2. The fourth-order valence-corrected chi connectivity index (χ4v) is 5.42. The third-order valence-electron chi connectivity index (χ3n) is 6.71. The van der Waals surface area contributed by atoms with Gasteiger partial charge in [0.05, 0.1) is 4.91 Å². The van der Waals surface area contributed by atoms with Crippen LogP contribution in [0.1, 0.15) is 69.7 Å². The van der Waals surface area contributed by atoms with Crippen LogP contribution >= 0.6 is 11.8 Å². The van der Waals surface area contributed by atoms with E-state index in [2.05, 4.69) is 52.1 Å². The monoisotopic (exact) mass is 463 g/mol. The van der Waals surface area contributed by atoms with Gasteiger partial charge in [0.1, 0.15) is 5.75 Å². The zero-order valence-corrected chi connectivity index (χ0v) is 20.7. The van der Waals surface area contributed by atoms with Crippen molar-refractivity contribution in [1.29, 1.82) is 0 Å². The Morgan fingerprint density at radius 3 is 2.27 bits per heavy atom. The van der Waals surface area contributed by atoms with E-state index in [1.807, 2.05) is 6.07 Å². The first-order valence-electron chi connectivity index (χ1n) is 11.1. The van der Waals surface area contributed by atoms with Gasteiger partial charge in [-0.2, -0.15) is 0 Å². The molecule has 1 fully saturated rings. The lowest BCUT2D eigenvalue weighted by molar-refractivity contribution is -0.131. The number of esters is 1. The Bertz CT molecular complexity index is 1220. The Morgan fingerprint density at radius 1 is 1.06 bits per heavy atom. The highest BCUT2D eigenvalue weighted by Gasteiger charge is 2.38. The molecule has 0 bridgehead atoms. The van der Waals surface area contributed by atoms with Gasteiger partial charge >= 0.3 is 5.97 Å². The standard InChI is InChI=1S/C27H29NO4S/c1-15-12-19-20(27(5,6)11-10-26(19,3)4)14-18(15)23-17(8-7-9-21(23)32-16(2)29)13-22-24(30)28-25(31)33-22/h7-9,12-14H,10-11H2,1-6H3,(H,28,30,31)/b22-13-. The highest BCUT2D eigenvalue weighted by molar-refractivity contribution is 8.18. The summed E-state index contributed by atoms with van der Waals surface area (Å²) in [7, 11) is 0. The van der Waals surface area contributed by atoms with E-state index in [0.717, 1.165) is 46.9 Å². The summed E-state index contributed by atoms with van der Waals surface area (Å²) in [6.45, 7) is 12.6. The van der Waals surface area contributed by atoms with Crippen molar-refractivity contribution in [1.82, 2.24) is 5.32 Å². The van der Waals surface area contributed by atoms with Gasteiger partial charge < -0.3 is 4.74 Å². The zero-order chi connectivity index (χ0) is 24.1. The molecule has 2 aliphatic rings. The van der Waals surface area contributed by atoms with Crippen LogP contribution in [0.3, 0.4) is 0 Å². The number of ether oxygens (including phenoxy) is 1. The molecule has 0 unspecified atom stereocenters. The molecule has 5 nitrogen and oxygen atoms in total. The lowest BCUT2D eigenvalue weighted by Crippen LogP contribution is -2.34. The SMILES string of the molecule is CC(=O)Oc1cccc(/C=C2\SC(=O)NC2=O)c1-c1cc2c(cc1C)C(C)(C)CCC2(C)C. The van der Waals surface area contributed by atoms with Gasteiger partial charge in [-0.1, -0.05) is 45.9 Å². The summed E-state index contributed by atoms with van der Waals surface area (Å²) >= 11 is 0.872. The molecule has 1 aliphatic carbocycles. The molecule has 6 heteroatoms. The number of hydrogen-bond acceptors (Lipinski definition) is 5. The quantitative estimate of drug-likeness (QED) is 0.330. The maximum Gasteiger partial charge on any atom is 0.308 e. The molecule has 0 radical (unpaired) electrons. The molecule has 4 rings (SSSR count). The second-order valence-corrected chi connectivity index (χ2v) is 11.2. The number of fused-ring (bicyclic) bond motifs is 1. The van der Waals surface area contributed by atoms with Crippen LogP contribution in [0.4, 0.5) is 4.79 Å². The molecule has 172 valence electrons. The topological polar surface area (TPSA) is 72.5 Å². The Labute approximate surface area is 199 Å². The van der Waals surface area contributed by atoms with Gasteiger partial charge in [0, 0.05) is 12.5 Å². The van der Waals surface area contributed by atoms with E-state index in [9.17, 15) is 14.4 Å². The summed E-state index contributed by atoms with van der Waals surface area (Å²) in [6.07, 6.45) is 3.89. The molecule has 2 aromatic rings. The number of benzene rings is 2. The van der Waals surface area contributed by atoms with Crippen LogP contribution in [0.5, 0.6) is 5.75 Å². The number of rotatable bonds is 3. The smallest absolute Gasteiger partial charge is 0.308 e. The average Bonchev–Trinajstić information content (AvgIpc) is 3.02. The maximum atomic E-state index is 12.2. The third kappa shape index (κ3) is 4.36. The number of carbonyl (C=O) groups is 3. The van der Waals surface area contributed by atoms with E-state index in [1.54, 1.807) is 18.2 Å². The fourth-order valence-electron chi connectivity index (χ4n) is 4.75. The normalized spacial score (nSPS) is 19.9. The minimum absolute atomic E-state index is 0.00984. The first-order valence-corrected chi connectivity index (χ1v) is 11.9. The van der Waals surface area contributed by atoms with Gasteiger partial charge in [0.2, 0.25) is 0 Å². The number of carbonyl (C=O) groups excluding carboxylic acids is 3. The number of amides is 2. The predicted molar refractivity (Wildman–Crippen MR) is 132 cm³/mol. The van der Waals surface area contributed by atoms with Crippen LogP contribution in [0.2, 0.25) is 0 Å². The van der Waals surface area contributed by atoms with E-state index < -0.39 is 17.1 Å². The van der Waals surface area contributed by atoms with Crippen molar-refractivity contribution in [3.63, 3.8) is 0 Å². The predicted octanol–water partition coefficient (Wildman–Crippen LogP) is 6.26. The second kappa shape index (κ2) is 8.17. The van der Waals surface area contributed by atoms with E-state index in [1.165, 1.54) is 18.1 Å². The fraction of sp³-hybridized carbons (Fsp3) is 0.370. The van der Waals surface area contributed by atoms with E-state index in [-0.39, 0.29) is 10.8 Å². The van der Waals surface area contributed by atoms with Gasteiger partial charge in [0.15, 0.2) is 0 Å². The van der Waals surface area contributed by atoms with Crippen molar-refractivity contribution < 1.29 is 19.1 Å². The lowest BCUT2D eigenvalue weighted by atomic mass is 9.62. The molecular formula is C27H29NO4S. The summed E-state index contributed by atoms with van der Waals surface area (Å²) in [4.78, 5) is 36.1. The molecule has 0 saturated carbocycles. The molecule has 2 aromatic carbocycles. The average molecular weight is 464 g/mol. The van der Waals surface area contributed by atoms with Gasteiger partial charge in [-0.15, -0.1) is 0 Å². The van der Waals surface area contributed by atoms with Crippen molar-refractivity contribution in [3.8, 4) is 16.9 Å². The van der Waals surface area contributed by atoms with Crippen LogP contribution in [-0.4, -0.2) is 17.1 Å². The molecule has 0 aromatic heterocycles. The highest BCUT2D eigenvalue weighted by Crippen LogP contribution is 2.49. The number of thioether (sulfide) groups is 1. The van der Waals surface area contributed by atoms with E-state index in [4.69, 9.17) is 4.74 Å². The number of hydrogen-bond donors (Lipinski definition) is 1. The molecule has 0 atom stereocenters. The van der Waals surface area contributed by atoms with Gasteiger partial charge in [-0.05, 0) is 88.4 Å². The van der Waals surface area contributed by atoms with Crippen LogP contribution in [0.15, 0.2) is 35.2 Å². The highest BCUT2D eigenvalue weighted by atomic mass is 32.2. The molecule has 1 N–H and O–H groups in total. The summed E-state index contributed by atoms with van der Waals surface area (Å²) in [6, 6.07) is 9.91. The van der Waals surface area contributed by atoms with Crippen molar-refractivity contribution in [2.45, 2.75) is 65.2 Å². The van der Waals surface area contributed by atoms with Crippen LogP contribution in [0, 0.1) is 6.92 Å². The molecule has 1 aliphatic heterocycles. The lowest BCUT2D eigenvalue weighted by Gasteiger charge is -2.42. The Hall–Kier alpha value is -2.86. The minimum Gasteiger partial charge on any atom is -0.426 e. The van der Waals surface area contributed by atoms with Crippen LogP contribution in [0.25, 0.3) is 17.2 Å². The zero-order valence-electron chi connectivity index (χ0n) is 19.9. The number of nitrogens with one attached hydrogen (secondary N) is 1. The Kier molecular flexibility index (Phi) is 5.77. The summed E-state index contributed by atoms with van der Waals surface area (Å²) in [5.41, 5.74) is 6.21. The largest absolute Gasteiger partial charge is 0.426 e. The first kappa shape index (κ1) is 23.3. The van der Waals surface area contributed by atoms with Gasteiger partial charge in [-0.3, -0.25) is 19.7 Å². The summed E-state index contributed by atoms with van der Waals surface area (Å²) in [5.74, 6) is -0.400. The van der Waals surface area contributed by atoms with Crippen LogP contribution < -0.4 is 10.1 Å². The minimum atomic E-state index is -0.418. The Morgan fingerprint density at radius 2 is 1.70 bits per heavy atom. The first-order chi connectivity index (χ1) is 15.4. The van der Waals surface area contributed by atoms with Crippen LogP contribution in [-0.2, 0) is 20.4 Å². The summed E-state index contributed by atoms with van der Waals surface area (Å²) in [5, 5.41) is 1.91. The van der Waals surface area contributed by atoms with Crippen molar-refractivity contribution >= 4 is 35.0 Å².